The quantitative estimate of drug-likeness (QED) is 0.0164. The number of amides is 12. The van der Waals surface area contributed by atoms with E-state index in [-0.39, 0.29) is 126 Å². The number of hydrogen-bond acceptors (Lipinski definition) is 22. The molecule has 0 heterocycles. The van der Waals surface area contributed by atoms with Crippen molar-refractivity contribution in [3.8, 4) is 5.75 Å². The van der Waals surface area contributed by atoms with E-state index in [4.69, 9.17) is 45.9 Å². The van der Waals surface area contributed by atoms with Gasteiger partial charge in [-0.1, -0.05) is 46.2 Å². The fourth-order valence-electron chi connectivity index (χ4n) is 10.7. The number of hydrogen-bond donors (Lipinski definition) is 23. The third-order valence-corrected chi connectivity index (χ3v) is 17.1. The number of aliphatic carboxylic acids is 1. The van der Waals surface area contributed by atoms with Gasteiger partial charge in [-0.2, -0.15) is 11.8 Å². The lowest BCUT2D eigenvalue weighted by Crippen LogP contribution is -2.61. The van der Waals surface area contributed by atoms with Crippen LogP contribution in [0.2, 0.25) is 0 Å². The van der Waals surface area contributed by atoms with Crippen LogP contribution < -0.4 is 110 Å². The van der Waals surface area contributed by atoms with Crippen molar-refractivity contribution >= 4 is 101 Å². The van der Waals surface area contributed by atoms with E-state index < -0.39 is 162 Å². The highest BCUT2D eigenvalue weighted by atomic mass is 32.2. The van der Waals surface area contributed by atoms with Crippen LogP contribution in [0.1, 0.15) is 149 Å². The number of aliphatic imine (C=N–C) groups is 2. The lowest BCUT2D eigenvalue weighted by Gasteiger charge is -2.28. The van der Waals surface area contributed by atoms with Gasteiger partial charge in [-0.3, -0.25) is 72.3 Å². The smallest absolute Gasteiger partial charge is 0.305 e. The van der Waals surface area contributed by atoms with Crippen molar-refractivity contribution in [2.24, 2.45) is 67.7 Å². The van der Waals surface area contributed by atoms with Crippen molar-refractivity contribution in [2.45, 2.75) is 223 Å². The molecule has 39 heteroatoms. The summed E-state index contributed by atoms with van der Waals surface area (Å²) in [5, 5.41) is 61.7. The Morgan fingerprint density at radius 2 is 0.745 bits per heavy atom. The van der Waals surface area contributed by atoms with Crippen LogP contribution in [0.3, 0.4) is 0 Å². The first kappa shape index (κ1) is 94.8. The minimum atomic E-state index is -1.93. The molecule has 0 fully saturated rings. The zero-order valence-electron chi connectivity index (χ0n) is 62.1. The highest BCUT2D eigenvalue weighted by Gasteiger charge is 2.37. The van der Waals surface area contributed by atoms with Crippen LogP contribution in [0.25, 0.3) is 0 Å². The van der Waals surface area contributed by atoms with E-state index in [2.05, 4.69) is 73.8 Å². The highest BCUT2D eigenvalue weighted by molar-refractivity contribution is 7.98. The summed E-state index contributed by atoms with van der Waals surface area (Å²) in [5.74, 6) is -13.1. The van der Waals surface area contributed by atoms with Gasteiger partial charge in [0.05, 0.1) is 19.1 Å². The van der Waals surface area contributed by atoms with Gasteiger partial charge in [-0.05, 0) is 171 Å². The fourth-order valence-corrected chi connectivity index (χ4v) is 11.1. The molecule has 0 saturated carbocycles. The summed E-state index contributed by atoms with van der Waals surface area (Å²) in [5.41, 5.74) is 45.3. The van der Waals surface area contributed by atoms with Crippen molar-refractivity contribution < 1.29 is 77.6 Å². The molecule has 0 aliphatic heterocycles. The van der Waals surface area contributed by atoms with Gasteiger partial charge in [-0.25, -0.2) is 0 Å². The molecule has 12 atom stereocenters. The number of unbranched alkanes of at least 4 members (excludes halogenated alkanes) is 3. The molecule has 0 aromatic heterocycles. The van der Waals surface area contributed by atoms with Gasteiger partial charge < -0.3 is 125 Å². The largest absolute Gasteiger partial charge is 0.508 e. The number of likely N-dealkylation sites (N-methyl/N-ethyl adjacent to an activating group) is 1. The average molecular weight is 1520 g/mol. The Morgan fingerprint density at radius 3 is 1.14 bits per heavy atom. The average Bonchev–Trinajstić information content (AvgIpc) is 0.857. The molecule has 31 N–H and O–H groups in total. The van der Waals surface area contributed by atoms with Crippen LogP contribution in [0.5, 0.6) is 5.75 Å². The molecule has 0 bridgehead atoms. The molecular formula is C67H120N22O16S. The number of carboxylic acids is 1. The SMILES string of the molecule is CN[C@@H](CCCCN)C(=O)N[C@@H](CCCCN)C(=O)N[C@@H](CC(C)C)C(=O)N[C@@H](CCCN=C(N)N)C(=O)N[C@@H](CO)C(=O)N[C@@H](CCSC)C(=O)N[C@@H](C)C(=O)N[C@@H](CC(=O)O)C(=O)N[C@@H](CCCCN)C(=O)N[C@@H](Cc1ccc(O)cc1)C(=O)NC(CCCN=C(N)N)C(=O)N[C@@H](CC(C)C)C(N)=O. The lowest BCUT2D eigenvalue weighted by atomic mass is 10.0. The maximum atomic E-state index is 14.5. The maximum Gasteiger partial charge on any atom is 0.305 e. The molecule has 1 aromatic carbocycles. The minimum Gasteiger partial charge on any atom is -0.508 e. The topological polar surface area (TPSA) is 660 Å². The predicted octanol–water partition coefficient (Wildman–Crippen LogP) is -5.83. The number of aromatic hydroxyl groups is 1. The number of thioether (sulfide) groups is 1. The Kier molecular flexibility index (Phi) is 47.2. The number of nitrogens with two attached hydrogens (primary N) is 8. The number of guanidine groups is 2. The first-order chi connectivity index (χ1) is 50.1. The van der Waals surface area contributed by atoms with Crippen LogP contribution in [0.15, 0.2) is 34.3 Å². The van der Waals surface area contributed by atoms with Gasteiger partial charge >= 0.3 is 5.97 Å². The summed E-state index contributed by atoms with van der Waals surface area (Å²) >= 11 is 1.26. The lowest BCUT2D eigenvalue weighted by molar-refractivity contribution is -0.141. The molecule has 1 unspecified atom stereocenters. The first-order valence-electron chi connectivity index (χ1n) is 35.8. The molecule has 0 aliphatic rings. The monoisotopic (exact) mass is 1520 g/mol. The van der Waals surface area contributed by atoms with Crippen molar-refractivity contribution in [1.29, 1.82) is 0 Å². The number of primary amides is 1. The molecular weight excluding hydrogens is 1400 g/mol. The number of nitrogens with one attached hydrogen (secondary N) is 12. The number of phenolic OH excluding ortho intramolecular Hbond substituents is 1. The van der Waals surface area contributed by atoms with E-state index in [1.807, 2.05) is 0 Å². The van der Waals surface area contributed by atoms with E-state index in [0.29, 0.717) is 57.2 Å². The van der Waals surface area contributed by atoms with E-state index >= 15 is 0 Å². The Balaban J connectivity index is 3.59. The summed E-state index contributed by atoms with van der Waals surface area (Å²) in [7, 11) is 1.61. The number of phenols is 1. The van der Waals surface area contributed by atoms with Crippen molar-refractivity contribution in [3.05, 3.63) is 29.8 Å². The second kappa shape index (κ2) is 52.7. The second-order valence-electron chi connectivity index (χ2n) is 26.5. The molecule has 106 heavy (non-hydrogen) atoms. The van der Waals surface area contributed by atoms with Gasteiger partial charge in [0.15, 0.2) is 11.9 Å². The fraction of sp³-hybridized carbons (Fsp3) is 0.687. The van der Waals surface area contributed by atoms with Crippen LogP contribution in [0.4, 0.5) is 0 Å². The van der Waals surface area contributed by atoms with E-state index in [1.54, 1.807) is 41.0 Å². The molecule has 38 nitrogen and oxygen atoms in total. The Morgan fingerprint density at radius 1 is 0.415 bits per heavy atom. The molecule has 1 rings (SSSR count). The van der Waals surface area contributed by atoms with Gasteiger partial charge in [0, 0.05) is 19.5 Å². The summed E-state index contributed by atoms with van der Waals surface area (Å²) in [6.07, 6.45) is 3.78. The van der Waals surface area contributed by atoms with Crippen molar-refractivity contribution in [1.82, 2.24) is 63.8 Å². The number of aliphatic hydroxyl groups is 1. The molecule has 12 amide bonds. The molecule has 1 aromatic rings. The van der Waals surface area contributed by atoms with E-state index in [9.17, 15) is 77.6 Å². The summed E-state index contributed by atoms with van der Waals surface area (Å²) in [6.45, 7) is 8.24. The molecule has 0 radical (unpaired) electrons. The van der Waals surface area contributed by atoms with Gasteiger partial charge in [0.25, 0.3) is 0 Å². The number of carboxylic acid groups (broad SMARTS) is 1. The van der Waals surface area contributed by atoms with Gasteiger partial charge in [0.2, 0.25) is 70.9 Å². The third-order valence-electron chi connectivity index (χ3n) is 16.5. The predicted molar refractivity (Wildman–Crippen MR) is 401 cm³/mol. The molecule has 600 valence electrons. The number of benzene rings is 1. The number of carbonyl (C=O) groups is 13. The van der Waals surface area contributed by atoms with Crippen molar-refractivity contribution in [3.63, 3.8) is 0 Å². The van der Waals surface area contributed by atoms with Crippen LogP contribution >= 0.6 is 11.8 Å². The summed E-state index contributed by atoms with van der Waals surface area (Å²) in [4.78, 5) is 188. The second-order valence-corrected chi connectivity index (χ2v) is 27.5. The number of aliphatic hydroxyl groups excluding tert-OH is 1. The first-order valence-corrected chi connectivity index (χ1v) is 37.2. The van der Waals surface area contributed by atoms with Gasteiger partial charge in [-0.15, -0.1) is 0 Å². The third kappa shape index (κ3) is 39.3. The van der Waals surface area contributed by atoms with Crippen LogP contribution in [-0.4, -0.2) is 235 Å². The number of nitrogens with zero attached hydrogens (tertiary/aromatic N) is 2. The molecule has 0 aliphatic carbocycles. The molecule has 0 spiro atoms. The standard InChI is InChI=1S/C67H120N22O16S/c1-37(2)32-48(54(71)94)85-58(98)45(19-14-29-77-66(72)73)83-63(103)50(34-40-21-23-41(91)24-22-40)88-60(100)44(18-10-13-28-70)81-64(104)51(35-53(92)93)86-55(95)39(5)79-57(97)47(25-31-106-7)84-65(105)52(36-90)89-61(101)46(20-15-30-78-67(74)75)82-62(102)49(33-38(3)4)87-59(99)43(17-9-12-27-69)80-56(96)42(76-6)16-8-11-26-68/h21-24,37-39,42-52,76,90-91H,8-20,25-36,68-70H2,1-7H3,(H2,71,94)(H,79,97)(H,80,96)(H,81,104)(H,82,102)(H,83,103)(H,84,105)(H,85,98)(H,86,95)(H,87,99)(H,88,100)(H,89,101)(H,92,93)(H4,72,73,77)(H4,74,75,78)/t39-,42-,43-,44-,45?,46-,47-,48-,49-,50-,51-,52-/m0/s1. The Bertz CT molecular complexity index is 3020. The number of rotatable bonds is 56. The molecule has 0 saturated heterocycles. The van der Waals surface area contributed by atoms with E-state index in [0.717, 1.165) is 0 Å². The maximum absolute atomic E-state index is 14.5. The zero-order valence-corrected chi connectivity index (χ0v) is 63.0. The Hall–Kier alpha value is -9.18. The summed E-state index contributed by atoms with van der Waals surface area (Å²) in [6, 6.07) is -11.2. The van der Waals surface area contributed by atoms with Gasteiger partial charge in [0.1, 0.15) is 72.2 Å². The van der Waals surface area contributed by atoms with Crippen LogP contribution in [0, 0.1) is 11.8 Å². The normalized spacial score (nSPS) is 14.5. The van der Waals surface area contributed by atoms with Crippen molar-refractivity contribution in [2.75, 3.05) is 58.4 Å². The van der Waals surface area contributed by atoms with Crippen LogP contribution in [-0.2, 0) is 68.7 Å². The number of carbonyl (C=O) groups excluding carboxylic acids is 12. The highest BCUT2D eigenvalue weighted by Crippen LogP contribution is 2.16. The summed E-state index contributed by atoms with van der Waals surface area (Å²) < 4.78 is 0. The zero-order chi connectivity index (χ0) is 80.0. The van der Waals surface area contributed by atoms with E-state index in [1.165, 1.54) is 43.0 Å². The minimum absolute atomic E-state index is 0.0117. The Labute approximate surface area is 623 Å².